The molecular formula is C18H20FN3O. The van der Waals surface area contributed by atoms with Crippen LogP contribution in [0.3, 0.4) is 0 Å². The maximum atomic E-state index is 12.9. The number of halogens is 1. The second kappa shape index (κ2) is 7.22. The molecule has 1 N–H and O–H groups in total. The molecule has 1 aliphatic heterocycles. The van der Waals surface area contributed by atoms with Crippen molar-refractivity contribution in [3.05, 3.63) is 59.7 Å². The molecule has 1 amide bonds. The number of rotatable bonds is 4. The Bertz CT molecular complexity index is 666. The van der Waals surface area contributed by atoms with Gasteiger partial charge in [0.05, 0.1) is 0 Å². The molecule has 5 heteroatoms. The molecule has 23 heavy (non-hydrogen) atoms. The second-order valence-electron chi connectivity index (χ2n) is 5.76. The Balaban J connectivity index is 1.64. The lowest BCUT2D eigenvalue weighted by Crippen LogP contribution is -2.36. The molecule has 0 aliphatic carbocycles. The van der Waals surface area contributed by atoms with Crippen LogP contribution >= 0.6 is 0 Å². The van der Waals surface area contributed by atoms with Gasteiger partial charge in [-0.2, -0.15) is 0 Å². The summed E-state index contributed by atoms with van der Waals surface area (Å²) in [6, 6.07) is 9.97. The Morgan fingerprint density at radius 1 is 1.13 bits per heavy atom. The number of likely N-dealkylation sites (tertiary alicyclic amines) is 1. The average Bonchev–Trinajstić information content (AvgIpc) is 2.61. The Hall–Kier alpha value is -2.43. The Labute approximate surface area is 135 Å². The SMILES string of the molecule is O=C(c1cc(NCc2ccc(F)cc2)ccn1)N1CCCCC1. The molecule has 0 spiro atoms. The normalized spacial score (nSPS) is 14.6. The summed E-state index contributed by atoms with van der Waals surface area (Å²) >= 11 is 0. The standard InChI is InChI=1S/C18H20FN3O/c19-15-6-4-14(5-7-15)13-21-16-8-9-20-17(12-16)18(23)22-10-2-1-3-11-22/h4-9,12H,1-3,10-11,13H2,(H,20,21). The van der Waals surface area contributed by atoms with E-state index >= 15 is 0 Å². The van der Waals surface area contributed by atoms with Crippen LogP contribution in [0.5, 0.6) is 0 Å². The van der Waals surface area contributed by atoms with Gasteiger partial charge in [0.1, 0.15) is 11.5 Å². The van der Waals surface area contributed by atoms with E-state index in [1.165, 1.54) is 18.6 Å². The topological polar surface area (TPSA) is 45.2 Å². The Kier molecular flexibility index (Phi) is 4.86. The van der Waals surface area contributed by atoms with Crippen LogP contribution in [0, 0.1) is 5.82 Å². The third-order valence-electron chi connectivity index (χ3n) is 4.03. The second-order valence-corrected chi connectivity index (χ2v) is 5.76. The first-order valence-electron chi connectivity index (χ1n) is 7.96. The zero-order chi connectivity index (χ0) is 16.1. The number of hydrogen-bond acceptors (Lipinski definition) is 3. The number of carbonyl (C=O) groups excluding carboxylic acids is 1. The van der Waals surface area contributed by atoms with Crippen molar-refractivity contribution in [2.45, 2.75) is 25.8 Å². The number of hydrogen-bond donors (Lipinski definition) is 1. The summed E-state index contributed by atoms with van der Waals surface area (Å²) in [6.07, 6.45) is 4.96. The highest BCUT2D eigenvalue weighted by atomic mass is 19.1. The van der Waals surface area contributed by atoms with Crippen LogP contribution < -0.4 is 5.32 Å². The molecule has 1 fully saturated rings. The van der Waals surface area contributed by atoms with E-state index in [1.807, 2.05) is 11.0 Å². The molecule has 1 aliphatic rings. The summed E-state index contributed by atoms with van der Waals surface area (Å²) in [7, 11) is 0. The van der Waals surface area contributed by atoms with E-state index < -0.39 is 0 Å². The van der Waals surface area contributed by atoms with E-state index in [1.54, 1.807) is 24.4 Å². The van der Waals surface area contributed by atoms with Crippen molar-refractivity contribution in [2.24, 2.45) is 0 Å². The quantitative estimate of drug-likeness (QED) is 0.940. The third-order valence-corrected chi connectivity index (χ3v) is 4.03. The number of aromatic nitrogens is 1. The smallest absolute Gasteiger partial charge is 0.272 e. The van der Waals surface area contributed by atoms with Crippen LogP contribution in [0.15, 0.2) is 42.6 Å². The lowest BCUT2D eigenvalue weighted by Gasteiger charge is -2.26. The molecule has 0 saturated carbocycles. The average molecular weight is 313 g/mol. The molecule has 4 nitrogen and oxygen atoms in total. The van der Waals surface area contributed by atoms with Gasteiger partial charge in [-0.05, 0) is 49.1 Å². The number of benzene rings is 1. The van der Waals surface area contributed by atoms with Gasteiger partial charge in [0, 0.05) is 31.5 Å². The van der Waals surface area contributed by atoms with Crippen molar-refractivity contribution >= 4 is 11.6 Å². The lowest BCUT2D eigenvalue weighted by molar-refractivity contribution is 0.0718. The first kappa shape index (κ1) is 15.5. The number of pyridine rings is 1. The molecule has 0 unspecified atom stereocenters. The summed E-state index contributed by atoms with van der Waals surface area (Å²) < 4.78 is 12.9. The molecule has 0 atom stereocenters. The number of anilines is 1. The van der Waals surface area contributed by atoms with Crippen LogP contribution in [0.4, 0.5) is 10.1 Å². The highest BCUT2D eigenvalue weighted by molar-refractivity contribution is 5.93. The van der Waals surface area contributed by atoms with Gasteiger partial charge in [-0.3, -0.25) is 9.78 Å². The van der Waals surface area contributed by atoms with Crippen molar-refractivity contribution < 1.29 is 9.18 Å². The minimum atomic E-state index is -0.243. The molecule has 120 valence electrons. The van der Waals surface area contributed by atoms with E-state index in [0.29, 0.717) is 12.2 Å². The van der Waals surface area contributed by atoms with E-state index in [9.17, 15) is 9.18 Å². The molecule has 3 rings (SSSR count). The van der Waals surface area contributed by atoms with E-state index in [2.05, 4.69) is 10.3 Å². The Morgan fingerprint density at radius 3 is 2.61 bits per heavy atom. The monoisotopic (exact) mass is 313 g/mol. The molecule has 1 aromatic carbocycles. The molecule has 2 heterocycles. The maximum Gasteiger partial charge on any atom is 0.272 e. The minimum Gasteiger partial charge on any atom is -0.381 e. The van der Waals surface area contributed by atoms with Crippen molar-refractivity contribution in [1.29, 1.82) is 0 Å². The maximum absolute atomic E-state index is 12.9. The zero-order valence-electron chi connectivity index (χ0n) is 13.0. The van der Waals surface area contributed by atoms with E-state index in [4.69, 9.17) is 0 Å². The number of nitrogens with one attached hydrogen (secondary N) is 1. The molecule has 0 bridgehead atoms. The van der Waals surface area contributed by atoms with Crippen molar-refractivity contribution in [2.75, 3.05) is 18.4 Å². The van der Waals surface area contributed by atoms with Gasteiger partial charge >= 0.3 is 0 Å². The van der Waals surface area contributed by atoms with Crippen LogP contribution in [-0.2, 0) is 6.54 Å². The number of carbonyl (C=O) groups is 1. The van der Waals surface area contributed by atoms with Gasteiger partial charge in [0.15, 0.2) is 0 Å². The van der Waals surface area contributed by atoms with Gasteiger partial charge in [0.2, 0.25) is 0 Å². The number of nitrogens with zero attached hydrogens (tertiary/aromatic N) is 2. The number of piperidine rings is 1. The van der Waals surface area contributed by atoms with Crippen LogP contribution in [0.25, 0.3) is 0 Å². The molecule has 1 aromatic heterocycles. The lowest BCUT2D eigenvalue weighted by atomic mass is 10.1. The Morgan fingerprint density at radius 2 is 1.87 bits per heavy atom. The van der Waals surface area contributed by atoms with Crippen LogP contribution in [-0.4, -0.2) is 28.9 Å². The first-order chi connectivity index (χ1) is 11.2. The van der Waals surface area contributed by atoms with Gasteiger partial charge in [-0.15, -0.1) is 0 Å². The van der Waals surface area contributed by atoms with Crippen molar-refractivity contribution in [3.8, 4) is 0 Å². The van der Waals surface area contributed by atoms with Gasteiger partial charge in [-0.25, -0.2) is 4.39 Å². The fourth-order valence-electron chi connectivity index (χ4n) is 2.72. The predicted molar refractivity (Wildman–Crippen MR) is 87.7 cm³/mol. The highest BCUT2D eigenvalue weighted by Gasteiger charge is 2.19. The summed E-state index contributed by atoms with van der Waals surface area (Å²) in [4.78, 5) is 18.5. The fourth-order valence-corrected chi connectivity index (χ4v) is 2.72. The summed E-state index contributed by atoms with van der Waals surface area (Å²) in [6.45, 7) is 2.20. The van der Waals surface area contributed by atoms with E-state index in [-0.39, 0.29) is 11.7 Å². The summed E-state index contributed by atoms with van der Waals surface area (Å²) in [5.41, 5.74) is 2.29. The summed E-state index contributed by atoms with van der Waals surface area (Å²) in [5, 5.41) is 3.25. The fraction of sp³-hybridized carbons (Fsp3) is 0.333. The van der Waals surface area contributed by atoms with E-state index in [0.717, 1.165) is 37.2 Å². The largest absolute Gasteiger partial charge is 0.381 e. The first-order valence-corrected chi connectivity index (χ1v) is 7.96. The summed E-state index contributed by atoms with van der Waals surface area (Å²) in [5.74, 6) is -0.248. The predicted octanol–water partition coefficient (Wildman–Crippen LogP) is 3.46. The third kappa shape index (κ3) is 4.06. The number of amides is 1. The van der Waals surface area contributed by atoms with Crippen LogP contribution in [0.2, 0.25) is 0 Å². The van der Waals surface area contributed by atoms with Gasteiger partial charge < -0.3 is 10.2 Å². The molecular weight excluding hydrogens is 293 g/mol. The van der Waals surface area contributed by atoms with Crippen molar-refractivity contribution in [3.63, 3.8) is 0 Å². The highest BCUT2D eigenvalue weighted by Crippen LogP contribution is 2.15. The van der Waals surface area contributed by atoms with Gasteiger partial charge in [-0.1, -0.05) is 12.1 Å². The molecule has 0 radical (unpaired) electrons. The molecule has 2 aromatic rings. The van der Waals surface area contributed by atoms with Crippen molar-refractivity contribution in [1.82, 2.24) is 9.88 Å². The molecule has 1 saturated heterocycles. The zero-order valence-corrected chi connectivity index (χ0v) is 13.0. The van der Waals surface area contributed by atoms with Crippen LogP contribution in [0.1, 0.15) is 35.3 Å². The minimum absolute atomic E-state index is 0.00451. The van der Waals surface area contributed by atoms with Gasteiger partial charge in [0.25, 0.3) is 5.91 Å².